The van der Waals surface area contributed by atoms with Gasteiger partial charge in [-0.2, -0.15) is 0 Å². The molecular formula is C14H24N2O3. The molecule has 19 heavy (non-hydrogen) atoms. The Bertz CT molecular complexity index is 394. The van der Waals surface area contributed by atoms with Crippen molar-refractivity contribution in [2.45, 2.75) is 59.2 Å². The van der Waals surface area contributed by atoms with Crippen molar-refractivity contribution < 1.29 is 14.3 Å². The molecule has 1 amide bonds. The lowest BCUT2D eigenvalue weighted by Crippen LogP contribution is -2.43. The molecule has 0 aromatic rings. The predicted octanol–water partition coefficient (Wildman–Crippen LogP) is 1.34. The molecule has 2 N–H and O–H groups in total. The minimum atomic E-state index is -0.511. The maximum atomic E-state index is 11.9. The Morgan fingerprint density at radius 1 is 1.37 bits per heavy atom. The molecule has 0 radical (unpaired) electrons. The fourth-order valence-electron chi connectivity index (χ4n) is 1.86. The van der Waals surface area contributed by atoms with Crippen molar-refractivity contribution in [2.75, 3.05) is 0 Å². The van der Waals surface area contributed by atoms with Crippen molar-refractivity contribution in [1.29, 1.82) is 0 Å². The molecule has 0 aromatic heterocycles. The molecule has 108 valence electrons. The lowest BCUT2D eigenvalue weighted by Gasteiger charge is -2.26. The number of rotatable bonds is 4. The fourth-order valence-corrected chi connectivity index (χ4v) is 1.86. The molecule has 1 aliphatic rings. The van der Waals surface area contributed by atoms with E-state index in [0.717, 1.165) is 5.70 Å². The van der Waals surface area contributed by atoms with E-state index in [1.807, 2.05) is 34.6 Å². The molecule has 0 aliphatic carbocycles. The summed E-state index contributed by atoms with van der Waals surface area (Å²) >= 11 is 0. The molecule has 1 rings (SSSR count). The van der Waals surface area contributed by atoms with Gasteiger partial charge in [0, 0.05) is 11.8 Å². The minimum Gasteiger partial charge on any atom is -0.458 e. The number of hydrogen-bond acceptors (Lipinski definition) is 4. The first-order valence-corrected chi connectivity index (χ1v) is 6.61. The van der Waals surface area contributed by atoms with E-state index in [1.165, 1.54) is 6.08 Å². The van der Waals surface area contributed by atoms with Crippen molar-refractivity contribution in [3.05, 3.63) is 11.8 Å². The van der Waals surface area contributed by atoms with Gasteiger partial charge >= 0.3 is 5.97 Å². The minimum absolute atomic E-state index is 0.0719. The van der Waals surface area contributed by atoms with Gasteiger partial charge in [0.2, 0.25) is 5.91 Å². The highest BCUT2D eigenvalue weighted by Gasteiger charge is 2.29. The number of esters is 1. The van der Waals surface area contributed by atoms with Crippen molar-refractivity contribution in [3.63, 3.8) is 0 Å². The molecule has 0 saturated heterocycles. The number of ether oxygens (including phenoxy) is 1. The monoisotopic (exact) mass is 268 g/mol. The van der Waals surface area contributed by atoms with Crippen LogP contribution < -0.4 is 10.6 Å². The standard InChI is InChI=1S/C14H24N2O3/c1-8(2)12-10(7-11(17)16-12)15-9(3)13(18)19-14(4,5)6/h7-9,12,15H,1-6H3,(H,16,17)/t9-,12-/m0/s1. The summed E-state index contributed by atoms with van der Waals surface area (Å²) in [7, 11) is 0. The summed E-state index contributed by atoms with van der Waals surface area (Å²) in [5.74, 6) is -0.191. The zero-order valence-corrected chi connectivity index (χ0v) is 12.5. The summed E-state index contributed by atoms with van der Waals surface area (Å²) in [5.41, 5.74) is 0.237. The summed E-state index contributed by atoms with van der Waals surface area (Å²) in [5, 5.41) is 5.92. The smallest absolute Gasteiger partial charge is 0.328 e. The van der Waals surface area contributed by atoms with Gasteiger partial charge in [-0.15, -0.1) is 0 Å². The number of carbonyl (C=O) groups is 2. The number of hydrogen-bond donors (Lipinski definition) is 2. The van der Waals surface area contributed by atoms with Gasteiger partial charge < -0.3 is 15.4 Å². The Morgan fingerprint density at radius 2 is 1.95 bits per heavy atom. The summed E-state index contributed by atoms with van der Waals surface area (Å²) in [6.07, 6.45) is 1.51. The molecule has 0 unspecified atom stereocenters. The lowest BCUT2D eigenvalue weighted by atomic mass is 10.0. The van der Waals surface area contributed by atoms with Crippen LogP contribution in [0.4, 0.5) is 0 Å². The highest BCUT2D eigenvalue weighted by molar-refractivity contribution is 5.92. The maximum Gasteiger partial charge on any atom is 0.328 e. The Morgan fingerprint density at radius 3 is 2.42 bits per heavy atom. The van der Waals surface area contributed by atoms with Crippen molar-refractivity contribution in [1.82, 2.24) is 10.6 Å². The van der Waals surface area contributed by atoms with Crippen LogP contribution in [0.2, 0.25) is 0 Å². The van der Waals surface area contributed by atoms with Crippen LogP contribution in [0.1, 0.15) is 41.5 Å². The van der Waals surface area contributed by atoms with E-state index in [4.69, 9.17) is 4.74 Å². The zero-order valence-electron chi connectivity index (χ0n) is 12.5. The van der Waals surface area contributed by atoms with Crippen LogP contribution >= 0.6 is 0 Å². The average Bonchev–Trinajstić information content (AvgIpc) is 2.56. The third-order valence-corrected chi connectivity index (χ3v) is 2.73. The highest BCUT2D eigenvalue weighted by Crippen LogP contribution is 2.16. The number of amides is 1. The van der Waals surface area contributed by atoms with E-state index in [0.29, 0.717) is 0 Å². The van der Waals surface area contributed by atoms with Crippen molar-refractivity contribution >= 4 is 11.9 Å². The Kier molecular flexibility index (Phi) is 4.61. The van der Waals surface area contributed by atoms with Gasteiger partial charge in [0.1, 0.15) is 11.6 Å². The third-order valence-electron chi connectivity index (χ3n) is 2.73. The molecule has 2 atom stereocenters. The van der Waals surface area contributed by atoms with Gasteiger partial charge in [0.05, 0.1) is 6.04 Å². The second-order valence-electron chi connectivity index (χ2n) is 6.23. The fraction of sp³-hybridized carbons (Fsp3) is 0.714. The Labute approximate surface area is 114 Å². The van der Waals surface area contributed by atoms with Crippen LogP contribution in [0, 0.1) is 5.92 Å². The van der Waals surface area contributed by atoms with Gasteiger partial charge in [-0.25, -0.2) is 4.79 Å². The Balaban J connectivity index is 2.66. The summed E-state index contributed by atoms with van der Waals surface area (Å²) in [6.45, 7) is 11.3. The molecule has 0 spiro atoms. The van der Waals surface area contributed by atoms with Crippen LogP contribution in [-0.2, 0) is 14.3 Å². The van der Waals surface area contributed by atoms with Crippen LogP contribution in [0.5, 0.6) is 0 Å². The molecule has 1 aliphatic heterocycles. The van der Waals surface area contributed by atoms with E-state index >= 15 is 0 Å². The Hall–Kier alpha value is -1.52. The van der Waals surface area contributed by atoms with Gasteiger partial charge in [0.25, 0.3) is 0 Å². The molecule has 0 bridgehead atoms. The molecule has 0 fully saturated rings. The SMILES string of the molecule is CC(C)[C@@H]1NC(=O)C=C1N[C@@H](C)C(=O)OC(C)(C)C. The normalized spacial score (nSPS) is 20.9. The molecule has 0 saturated carbocycles. The first-order chi connectivity index (χ1) is 8.60. The second kappa shape index (κ2) is 5.63. The number of carbonyl (C=O) groups excluding carboxylic acids is 2. The second-order valence-corrected chi connectivity index (χ2v) is 6.23. The van der Waals surface area contributed by atoms with Gasteiger partial charge in [-0.05, 0) is 33.6 Å². The summed E-state index contributed by atoms with van der Waals surface area (Å²) < 4.78 is 5.30. The summed E-state index contributed by atoms with van der Waals surface area (Å²) in [6, 6.07) is -0.559. The van der Waals surface area contributed by atoms with E-state index < -0.39 is 11.6 Å². The zero-order chi connectivity index (χ0) is 14.8. The van der Waals surface area contributed by atoms with Crippen LogP contribution in [0.25, 0.3) is 0 Å². The average molecular weight is 268 g/mol. The molecule has 5 nitrogen and oxygen atoms in total. The van der Waals surface area contributed by atoms with Crippen LogP contribution in [0.3, 0.4) is 0 Å². The number of nitrogens with one attached hydrogen (secondary N) is 2. The lowest BCUT2D eigenvalue weighted by molar-refractivity contribution is -0.156. The topological polar surface area (TPSA) is 67.4 Å². The van der Waals surface area contributed by atoms with E-state index in [9.17, 15) is 9.59 Å². The third kappa shape index (κ3) is 4.58. The quantitative estimate of drug-likeness (QED) is 0.755. The van der Waals surface area contributed by atoms with Crippen LogP contribution in [0.15, 0.2) is 11.8 Å². The first kappa shape index (κ1) is 15.5. The molecule has 1 heterocycles. The largest absolute Gasteiger partial charge is 0.458 e. The van der Waals surface area contributed by atoms with Crippen LogP contribution in [-0.4, -0.2) is 29.6 Å². The van der Waals surface area contributed by atoms with Crippen molar-refractivity contribution in [2.24, 2.45) is 5.92 Å². The molecular weight excluding hydrogens is 244 g/mol. The summed E-state index contributed by atoms with van der Waals surface area (Å²) in [4.78, 5) is 23.3. The van der Waals surface area contributed by atoms with E-state index in [2.05, 4.69) is 10.6 Å². The molecule has 0 aromatic carbocycles. The highest BCUT2D eigenvalue weighted by atomic mass is 16.6. The van der Waals surface area contributed by atoms with Gasteiger partial charge in [-0.3, -0.25) is 4.79 Å². The van der Waals surface area contributed by atoms with Gasteiger partial charge in [0.15, 0.2) is 0 Å². The van der Waals surface area contributed by atoms with Crippen molar-refractivity contribution in [3.8, 4) is 0 Å². The van der Waals surface area contributed by atoms with Gasteiger partial charge in [-0.1, -0.05) is 13.8 Å². The maximum absolute atomic E-state index is 11.9. The molecule has 5 heteroatoms. The van der Waals surface area contributed by atoms with E-state index in [1.54, 1.807) is 6.92 Å². The van der Waals surface area contributed by atoms with E-state index in [-0.39, 0.29) is 23.8 Å². The first-order valence-electron chi connectivity index (χ1n) is 6.61. The predicted molar refractivity (Wildman–Crippen MR) is 73.3 cm³/mol.